The molecule has 0 saturated carbocycles. The van der Waals surface area contributed by atoms with Crippen LogP contribution in [-0.4, -0.2) is 21.0 Å². The van der Waals surface area contributed by atoms with Crippen molar-refractivity contribution < 1.29 is 17.9 Å². The highest BCUT2D eigenvalue weighted by atomic mass is 79.9. The lowest BCUT2D eigenvalue weighted by Crippen LogP contribution is -2.13. The fourth-order valence-corrected chi connectivity index (χ4v) is 3.77. The van der Waals surface area contributed by atoms with Gasteiger partial charge in [0, 0.05) is 10.7 Å². The van der Waals surface area contributed by atoms with E-state index in [9.17, 15) is 13.2 Å². The van der Waals surface area contributed by atoms with Gasteiger partial charge in [0.05, 0.1) is 26.6 Å². The van der Waals surface area contributed by atoms with Gasteiger partial charge in [-0.05, 0) is 39.9 Å². The van der Waals surface area contributed by atoms with Crippen LogP contribution in [0.1, 0.15) is 37.6 Å². The molecule has 0 aromatic heterocycles. The highest BCUT2D eigenvalue weighted by Gasteiger charge is 2.21. The summed E-state index contributed by atoms with van der Waals surface area (Å²) < 4.78 is 28.1. The van der Waals surface area contributed by atoms with Crippen molar-refractivity contribution in [3.8, 4) is 0 Å². The Kier molecular flexibility index (Phi) is 6.12. The maximum Gasteiger partial charge on any atom is 0.338 e. The maximum atomic E-state index is 11.9. The van der Waals surface area contributed by atoms with E-state index in [1.807, 2.05) is 20.8 Å². The molecule has 21 heavy (non-hydrogen) atoms. The molecule has 0 fully saturated rings. The molecule has 1 aromatic rings. The first-order valence-corrected chi connectivity index (χ1v) is 9.51. The van der Waals surface area contributed by atoms with Gasteiger partial charge in [-0.1, -0.05) is 32.4 Å². The minimum atomic E-state index is -4.02. The summed E-state index contributed by atoms with van der Waals surface area (Å²) in [5, 5.41) is 0.0690. The zero-order chi connectivity index (χ0) is 16.4. The summed E-state index contributed by atoms with van der Waals surface area (Å²) in [5.41, 5.74) is 0.0683. The van der Waals surface area contributed by atoms with E-state index in [1.54, 1.807) is 0 Å². The Morgan fingerprint density at radius 3 is 2.38 bits per heavy atom. The van der Waals surface area contributed by atoms with E-state index >= 15 is 0 Å². The van der Waals surface area contributed by atoms with E-state index in [2.05, 4.69) is 15.9 Å². The topological polar surface area (TPSA) is 60.4 Å². The molecule has 0 bridgehead atoms. The largest absolute Gasteiger partial charge is 0.462 e. The second kappa shape index (κ2) is 6.86. The van der Waals surface area contributed by atoms with Crippen LogP contribution < -0.4 is 0 Å². The summed E-state index contributed by atoms with van der Waals surface area (Å²) in [4.78, 5) is 11.7. The van der Waals surface area contributed by atoms with E-state index in [0.717, 1.165) is 6.07 Å². The van der Waals surface area contributed by atoms with Gasteiger partial charge in [-0.3, -0.25) is 0 Å². The Morgan fingerprint density at radius 2 is 1.90 bits per heavy atom. The van der Waals surface area contributed by atoms with Crippen molar-refractivity contribution in [3.05, 3.63) is 27.2 Å². The summed E-state index contributed by atoms with van der Waals surface area (Å²) in [5.74, 6) is -0.643. The molecule has 0 aliphatic carbocycles. The lowest BCUT2D eigenvalue weighted by atomic mass is 9.93. The highest BCUT2D eigenvalue weighted by molar-refractivity contribution is 9.10. The van der Waals surface area contributed by atoms with E-state index in [0.29, 0.717) is 6.42 Å². The van der Waals surface area contributed by atoms with Crippen LogP contribution in [0.2, 0.25) is 5.02 Å². The Balaban J connectivity index is 2.99. The lowest BCUT2D eigenvalue weighted by molar-refractivity contribution is 0.0464. The smallest absolute Gasteiger partial charge is 0.338 e. The number of hydrogen-bond donors (Lipinski definition) is 0. The quantitative estimate of drug-likeness (QED) is 0.529. The minimum absolute atomic E-state index is 0.0300. The molecular formula is C13H15BrCl2O4S. The van der Waals surface area contributed by atoms with Crippen molar-refractivity contribution >= 4 is 53.2 Å². The molecule has 0 radical (unpaired) electrons. The molecule has 0 heterocycles. The normalized spacial score (nSPS) is 12.3. The van der Waals surface area contributed by atoms with Gasteiger partial charge in [0.15, 0.2) is 0 Å². The molecular weight excluding hydrogens is 403 g/mol. The van der Waals surface area contributed by atoms with Crippen LogP contribution in [0.5, 0.6) is 0 Å². The molecule has 0 N–H and O–H groups in total. The van der Waals surface area contributed by atoms with Crippen LogP contribution in [0.25, 0.3) is 0 Å². The summed E-state index contributed by atoms with van der Waals surface area (Å²) >= 11 is 8.93. The SMILES string of the molecule is CC(C)(C)CCOC(=O)c1cc(Cl)c(Br)c(S(=O)(=O)Cl)c1. The molecule has 4 nitrogen and oxygen atoms in total. The molecule has 118 valence electrons. The van der Waals surface area contributed by atoms with Gasteiger partial charge in [-0.15, -0.1) is 0 Å². The summed E-state index contributed by atoms with van der Waals surface area (Å²) in [6.45, 7) is 6.31. The van der Waals surface area contributed by atoms with E-state index in [-0.39, 0.29) is 32.0 Å². The minimum Gasteiger partial charge on any atom is -0.462 e. The fraction of sp³-hybridized carbons (Fsp3) is 0.462. The van der Waals surface area contributed by atoms with Crippen molar-refractivity contribution in [3.63, 3.8) is 0 Å². The number of benzene rings is 1. The van der Waals surface area contributed by atoms with Crippen molar-refractivity contribution in [2.24, 2.45) is 5.41 Å². The standard InChI is InChI=1S/C13H15BrCl2O4S/c1-13(2,3)4-5-20-12(17)8-6-9(15)11(14)10(7-8)21(16,18)19/h6-7H,4-5H2,1-3H3. The number of hydrogen-bond acceptors (Lipinski definition) is 4. The molecule has 8 heteroatoms. The predicted molar refractivity (Wildman–Crippen MR) is 86.5 cm³/mol. The summed E-state index contributed by atoms with van der Waals surface area (Å²) in [6.07, 6.45) is 0.684. The van der Waals surface area contributed by atoms with Crippen LogP contribution in [0, 0.1) is 5.41 Å². The van der Waals surface area contributed by atoms with E-state index in [1.165, 1.54) is 6.07 Å². The molecule has 0 atom stereocenters. The van der Waals surface area contributed by atoms with Gasteiger partial charge in [0.25, 0.3) is 9.05 Å². The Bertz CT molecular complexity index is 651. The average Bonchev–Trinajstić information content (AvgIpc) is 2.29. The number of rotatable bonds is 4. The maximum absolute atomic E-state index is 11.9. The number of halogens is 3. The molecule has 0 amide bonds. The Hall–Kier alpha value is -0.300. The zero-order valence-electron chi connectivity index (χ0n) is 11.7. The molecule has 1 aromatic carbocycles. The van der Waals surface area contributed by atoms with Crippen molar-refractivity contribution in [1.82, 2.24) is 0 Å². The van der Waals surface area contributed by atoms with Gasteiger partial charge < -0.3 is 4.74 Å². The monoisotopic (exact) mass is 416 g/mol. The second-order valence-electron chi connectivity index (χ2n) is 5.65. The second-order valence-corrected chi connectivity index (χ2v) is 9.39. The van der Waals surface area contributed by atoms with E-state index in [4.69, 9.17) is 27.0 Å². The molecule has 0 aliphatic rings. The van der Waals surface area contributed by atoms with Gasteiger partial charge in [-0.25, -0.2) is 13.2 Å². The first kappa shape index (κ1) is 18.7. The molecule has 0 saturated heterocycles. The van der Waals surface area contributed by atoms with Crippen LogP contribution in [0.3, 0.4) is 0 Å². The highest BCUT2D eigenvalue weighted by Crippen LogP contribution is 2.33. The third-order valence-electron chi connectivity index (χ3n) is 2.58. The third-order valence-corrected chi connectivity index (χ3v) is 5.57. The van der Waals surface area contributed by atoms with Crippen LogP contribution in [-0.2, 0) is 13.8 Å². The molecule has 0 aliphatic heterocycles. The summed E-state index contributed by atoms with van der Waals surface area (Å²) in [6, 6.07) is 2.47. The Morgan fingerprint density at radius 1 is 1.33 bits per heavy atom. The first-order valence-electron chi connectivity index (χ1n) is 6.02. The summed E-state index contributed by atoms with van der Waals surface area (Å²) in [7, 11) is 1.29. The fourth-order valence-electron chi connectivity index (χ4n) is 1.39. The Labute approximate surface area is 142 Å². The lowest BCUT2D eigenvalue weighted by Gasteiger charge is -2.17. The number of esters is 1. The van der Waals surface area contributed by atoms with Crippen LogP contribution in [0.15, 0.2) is 21.5 Å². The van der Waals surface area contributed by atoms with Crippen molar-refractivity contribution in [2.45, 2.75) is 32.1 Å². The molecule has 1 rings (SSSR count). The van der Waals surface area contributed by atoms with Gasteiger partial charge >= 0.3 is 5.97 Å². The van der Waals surface area contributed by atoms with Gasteiger partial charge in [-0.2, -0.15) is 0 Å². The predicted octanol–water partition coefficient (Wildman–Crippen LogP) is 4.62. The molecule has 0 unspecified atom stereocenters. The van der Waals surface area contributed by atoms with E-state index < -0.39 is 15.0 Å². The molecule has 0 spiro atoms. The van der Waals surface area contributed by atoms with Crippen LogP contribution >= 0.6 is 38.2 Å². The van der Waals surface area contributed by atoms with Gasteiger partial charge in [0.1, 0.15) is 0 Å². The van der Waals surface area contributed by atoms with Crippen molar-refractivity contribution in [1.29, 1.82) is 0 Å². The average molecular weight is 418 g/mol. The van der Waals surface area contributed by atoms with Crippen molar-refractivity contribution in [2.75, 3.05) is 6.61 Å². The number of carbonyl (C=O) groups is 1. The number of carbonyl (C=O) groups excluding carboxylic acids is 1. The zero-order valence-corrected chi connectivity index (χ0v) is 15.7. The van der Waals surface area contributed by atoms with Crippen LogP contribution in [0.4, 0.5) is 0 Å². The third kappa shape index (κ3) is 5.77. The first-order chi connectivity index (χ1) is 9.42. The number of ether oxygens (including phenoxy) is 1. The van der Waals surface area contributed by atoms with Gasteiger partial charge in [0.2, 0.25) is 0 Å².